The molecule has 0 aromatic rings. The summed E-state index contributed by atoms with van der Waals surface area (Å²) in [5.41, 5.74) is 3.44. The van der Waals surface area contributed by atoms with Crippen LogP contribution in [0.1, 0.15) is 66.2 Å². The molecule has 4 nitrogen and oxygen atoms in total. The second-order valence-corrected chi connectivity index (χ2v) is 9.68. The van der Waals surface area contributed by atoms with E-state index in [0.29, 0.717) is 11.3 Å². The van der Waals surface area contributed by atoms with E-state index >= 15 is 0 Å². The molecule has 140 valence electrons. The van der Waals surface area contributed by atoms with Crippen molar-refractivity contribution >= 4 is 5.97 Å². The van der Waals surface area contributed by atoms with Crippen LogP contribution in [0.3, 0.4) is 0 Å². The molecule has 4 aliphatic rings. The Morgan fingerprint density at radius 1 is 1.20 bits per heavy atom. The van der Waals surface area contributed by atoms with E-state index in [0.717, 1.165) is 12.8 Å². The van der Waals surface area contributed by atoms with Crippen LogP contribution in [0.2, 0.25) is 0 Å². The number of hydrogen-bond acceptors (Lipinski definition) is 4. The second kappa shape index (κ2) is 5.82. The van der Waals surface area contributed by atoms with Crippen LogP contribution in [0.25, 0.3) is 0 Å². The van der Waals surface area contributed by atoms with E-state index in [2.05, 4.69) is 20.8 Å². The van der Waals surface area contributed by atoms with Crippen molar-refractivity contribution in [1.29, 1.82) is 0 Å². The number of hydrogen-bond donors (Lipinski definition) is 0. The highest BCUT2D eigenvalue weighted by Crippen LogP contribution is 2.59. The maximum Gasteiger partial charge on any atom is 0.315 e. The second-order valence-electron chi connectivity index (χ2n) is 9.68. The third-order valence-electron chi connectivity index (χ3n) is 7.27. The summed E-state index contributed by atoms with van der Waals surface area (Å²) in [5.74, 6) is 0.206. The van der Waals surface area contributed by atoms with E-state index in [-0.39, 0.29) is 29.5 Å². The highest BCUT2D eigenvalue weighted by molar-refractivity contribution is 5.77. The molecule has 0 aromatic heterocycles. The highest BCUT2D eigenvalue weighted by atomic mass is 16.8. The maximum absolute atomic E-state index is 12.5. The van der Waals surface area contributed by atoms with Crippen LogP contribution in [0.5, 0.6) is 0 Å². The number of allylic oxidation sites excluding steroid dienone is 1. The van der Waals surface area contributed by atoms with Crippen molar-refractivity contribution in [3.8, 4) is 0 Å². The van der Waals surface area contributed by atoms with Crippen molar-refractivity contribution < 1.29 is 19.0 Å². The van der Waals surface area contributed by atoms with Gasteiger partial charge in [-0.15, -0.1) is 0 Å². The van der Waals surface area contributed by atoms with Crippen LogP contribution in [-0.4, -0.2) is 25.7 Å². The number of carbonyl (C=O) groups is 1. The van der Waals surface area contributed by atoms with E-state index in [1.54, 1.807) is 7.11 Å². The predicted octanol–water partition coefficient (Wildman–Crippen LogP) is 4.44. The Bertz CT molecular complexity index is 607. The van der Waals surface area contributed by atoms with Crippen LogP contribution in [0.15, 0.2) is 11.1 Å². The fourth-order valence-electron chi connectivity index (χ4n) is 6.36. The first-order valence-corrected chi connectivity index (χ1v) is 9.88. The van der Waals surface area contributed by atoms with Gasteiger partial charge in [0.15, 0.2) is 6.29 Å². The lowest BCUT2D eigenvalue weighted by molar-refractivity contribution is -0.215. The van der Waals surface area contributed by atoms with Crippen LogP contribution < -0.4 is 0 Å². The number of esters is 1. The summed E-state index contributed by atoms with van der Waals surface area (Å²) < 4.78 is 17.1. The first-order valence-electron chi connectivity index (χ1n) is 9.88. The normalized spacial score (nSPS) is 46.0. The van der Waals surface area contributed by atoms with E-state index in [4.69, 9.17) is 14.2 Å². The molecule has 2 aliphatic heterocycles. The molecular weight excluding hydrogens is 316 g/mol. The largest absolute Gasteiger partial charge is 0.435 e. The van der Waals surface area contributed by atoms with Gasteiger partial charge in [-0.3, -0.25) is 4.79 Å². The van der Waals surface area contributed by atoms with Crippen molar-refractivity contribution in [2.24, 2.45) is 28.6 Å². The summed E-state index contributed by atoms with van der Waals surface area (Å²) in [6.45, 7) is 9.24. The number of rotatable bonds is 2. The Balaban J connectivity index is 1.79. The number of carbonyl (C=O) groups excluding carboxylic acids is 1. The molecule has 2 aliphatic carbocycles. The topological polar surface area (TPSA) is 44.8 Å². The summed E-state index contributed by atoms with van der Waals surface area (Å²) in [7, 11) is 1.69. The van der Waals surface area contributed by atoms with Gasteiger partial charge < -0.3 is 14.2 Å². The zero-order valence-corrected chi connectivity index (χ0v) is 16.3. The molecule has 0 amide bonds. The molecule has 0 aromatic carbocycles. The molecular formula is C21H32O4. The summed E-state index contributed by atoms with van der Waals surface area (Å²) in [4.78, 5) is 12.5. The molecule has 2 saturated heterocycles. The average molecular weight is 348 g/mol. The lowest BCUT2D eigenvalue weighted by atomic mass is 9.56. The standard InChI is InChI=1S/C21H32O4/c1-12-15-14(21(4)10-6-9-20(2,3)11-21)8-7-13-16(15)19(24-17(12)22)25-18(13)23-5/h12-13,16,18-19H,6-11H2,1-5H3/t12?,13?,16?,18?,19?,21-/m0/s1. The molecule has 2 heterocycles. The quantitative estimate of drug-likeness (QED) is 0.547. The minimum atomic E-state index is -0.454. The van der Waals surface area contributed by atoms with Gasteiger partial charge in [0.25, 0.3) is 0 Å². The molecule has 1 saturated carbocycles. The van der Waals surface area contributed by atoms with Crippen LogP contribution in [-0.2, 0) is 19.0 Å². The van der Waals surface area contributed by atoms with Gasteiger partial charge in [0, 0.05) is 13.0 Å². The molecule has 0 radical (unpaired) electrons. The number of ether oxygens (including phenoxy) is 3. The SMILES string of the molecule is COC1OC2OC(=O)C(C)C3=C([C@@]4(C)CCCC(C)(C)C4)CCC1C32. The molecule has 0 spiro atoms. The zero-order chi connectivity index (χ0) is 18.0. The predicted molar refractivity (Wildman–Crippen MR) is 94.5 cm³/mol. The Morgan fingerprint density at radius 2 is 1.96 bits per heavy atom. The summed E-state index contributed by atoms with van der Waals surface area (Å²) in [6.07, 6.45) is 6.44. The van der Waals surface area contributed by atoms with Gasteiger partial charge in [0.2, 0.25) is 6.29 Å². The molecule has 5 unspecified atom stereocenters. The minimum absolute atomic E-state index is 0.134. The molecule has 0 bridgehead atoms. The van der Waals surface area contributed by atoms with E-state index in [1.165, 1.54) is 36.8 Å². The van der Waals surface area contributed by atoms with Crippen LogP contribution >= 0.6 is 0 Å². The van der Waals surface area contributed by atoms with Crippen molar-refractivity contribution in [3.63, 3.8) is 0 Å². The van der Waals surface area contributed by atoms with Gasteiger partial charge in [0.1, 0.15) is 0 Å². The Labute approximate surface area is 151 Å². The van der Waals surface area contributed by atoms with Crippen molar-refractivity contribution in [2.45, 2.75) is 78.8 Å². The minimum Gasteiger partial charge on any atom is -0.435 e. The van der Waals surface area contributed by atoms with Crippen LogP contribution in [0.4, 0.5) is 0 Å². The average Bonchev–Trinajstić information content (AvgIpc) is 2.89. The van der Waals surface area contributed by atoms with Gasteiger partial charge >= 0.3 is 5.97 Å². The molecule has 0 N–H and O–H groups in total. The third kappa shape index (κ3) is 2.68. The first kappa shape index (κ1) is 17.5. The summed E-state index contributed by atoms with van der Waals surface area (Å²) >= 11 is 0. The molecule has 4 rings (SSSR count). The lowest BCUT2D eigenvalue weighted by Crippen LogP contribution is -2.44. The van der Waals surface area contributed by atoms with Crippen molar-refractivity contribution in [1.82, 2.24) is 0 Å². The Hall–Kier alpha value is -0.870. The fourth-order valence-corrected chi connectivity index (χ4v) is 6.36. The summed E-state index contributed by atoms with van der Waals surface area (Å²) in [5, 5.41) is 0. The maximum atomic E-state index is 12.5. The van der Waals surface area contributed by atoms with Crippen molar-refractivity contribution in [3.05, 3.63) is 11.1 Å². The van der Waals surface area contributed by atoms with E-state index in [1.807, 2.05) is 6.92 Å². The lowest BCUT2D eigenvalue weighted by Gasteiger charge is -2.49. The Morgan fingerprint density at radius 3 is 2.64 bits per heavy atom. The smallest absolute Gasteiger partial charge is 0.315 e. The molecule has 3 fully saturated rings. The zero-order valence-electron chi connectivity index (χ0n) is 16.3. The fraction of sp³-hybridized carbons (Fsp3) is 0.857. The third-order valence-corrected chi connectivity index (χ3v) is 7.27. The monoisotopic (exact) mass is 348 g/mol. The summed E-state index contributed by atoms with van der Waals surface area (Å²) in [6, 6.07) is 0. The molecule has 6 atom stereocenters. The highest BCUT2D eigenvalue weighted by Gasteiger charge is 2.57. The first-order chi connectivity index (χ1) is 11.8. The van der Waals surface area contributed by atoms with E-state index < -0.39 is 6.29 Å². The van der Waals surface area contributed by atoms with Gasteiger partial charge in [-0.1, -0.05) is 32.8 Å². The van der Waals surface area contributed by atoms with Gasteiger partial charge in [0.05, 0.1) is 11.8 Å². The molecule has 25 heavy (non-hydrogen) atoms. The van der Waals surface area contributed by atoms with Gasteiger partial charge in [-0.25, -0.2) is 0 Å². The number of methoxy groups -OCH3 is 1. The van der Waals surface area contributed by atoms with Gasteiger partial charge in [-0.2, -0.15) is 0 Å². The molecule has 4 heteroatoms. The van der Waals surface area contributed by atoms with Gasteiger partial charge in [-0.05, 0) is 55.4 Å². The van der Waals surface area contributed by atoms with Crippen molar-refractivity contribution in [2.75, 3.05) is 7.11 Å². The van der Waals surface area contributed by atoms with E-state index in [9.17, 15) is 4.79 Å². The van der Waals surface area contributed by atoms with Crippen LogP contribution in [0, 0.1) is 28.6 Å². The Kier molecular flexibility index (Phi) is 4.08.